The number of benzene rings is 2. The Balaban J connectivity index is 1.72. The van der Waals surface area contributed by atoms with Crippen LogP contribution in [0, 0.1) is 13.8 Å². The number of hydrogen-bond donors (Lipinski definition) is 1. The molecular weight excluding hydrogens is 298 g/mol. The highest BCUT2D eigenvalue weighted by molar-refractivity contribution is 5.92. The molecule has 0 radical (unpaired) electrons. The molecule has 1 N–H and O–H groups in total. The average molecular weight is 325 g/mol. The minimum atomic E-state index is 0.0783. The standard InChI is InChI=1S/C21H27NO2/c1-4-18-11-8-10-17(3)21(18)22-20(23)13-5-6-14-24-19-12-7-9-16(2)15-19/h7-12,15H,4-6,13-14H2,1-3H3,(H,22,23). The van der Waals surface area contributed by atoms with Gasteiger partial charge in [-0.25, -0.2) is 0 Å². The SMILES string of the molecule is CCc1cccc(C)c1NC(=O)CCCCOc1cccc(C)c1. The lowest BCUT2D eigenvalue weighted by Crippen LogP contribution is -2.14. The van der Waals surface area contributed by atoms with Crippen LogP contribution in [0.25, 0.3) is 0 Å². The third-order valence-corrected chi connectivity index (χ3v) is 4.06. The van der Waals surface area contributed by atoms with E-state index >= 15 is 0 Å². The van der Waals surface area contributed by atoms with Crippen LogP contribution in [-0.4, -0.2) is 12.5 Å². The van der Waals surface area contributed by atoms with E-state index in [-0.39, 0.29) is 5.91 Å². The number of carbonyl (C=O) groups excluding carboxylic acids is 1. The van der Waals surface area contributed by atoms with Crippen molar-refractivity contribution < 1.29 is 9.53 Å². The van der Waals surface area contributed by atoms with Crippen molar-refractivity contribution in [3.05, 3.63) is 59.2 Å². The summed E-state index contributed by atoms with van der Waals surface area (Å²) in [7, 11) is 0. The van der Waals surface area contributed by atoms with Crippen LogP contribution in [0.3, 0.4) is 0 Å². The molecule has 0 aliphatic heterocycles. The normalized spacial score (nSPS) is 10.5. The number of ether oxygens (including phenoxy) is 1. The first-order valence-corrected chi connectivity index (χ1v) is 8.68. The zero-order valence-corrected chi connectivity index (χ0v) is 14.9. The van der Waals surface area contributed by atoms with Crippen molar-refractivity contribution in [3.8, 4) is 5.75 Å². The summed E-state index contributed by atoms with van der Waals surface area (Å²) in [6, 6.07) is 14.2. The first-order chi connectivity index (χ1) is 11.6. The quantitative estimate of drug-likeness (QED) is 0.689. The molecule has 0 fully saturated rings. The lowest BCUT2D eigenvalue weighted by molar-refractivity contribution is -0.116. The summed E-state index contributed by atoms with van der Waals surface area (Å²) in [5, 5.41) is 3.07. The van der Waals surface area contributed by atoms with E-state index in [0.717, 1.165) is 36.3 Å². The molecule has 3 nitrogen and oxygen atoms in total. The minimum absolute atomic E-state index is 0.0783. The van der Waals surface area contributed by atoms with Crippen molar-refractivity contribution in [3.63, 3.8) is 0 Å². The molecule has 2 rings (SSSR count). The molecule has 3 heteroatoms. The lowest BCUT2D eigenvalue weighted by atomic mass is 10.1. The summed E-state index contributed by atoms with van der Waals surface area (Å²) < 4.78 is 5.71. The zero-order valence-electron chi connectivity index (χ0n) is 14.9. The Morgan fingerprint density at radius 3 is 2.62 bits per heavy atom. The molecular formula is C21H27NO2. The van der Waals surface area contributed by atoms with Gasteiger partial charge in [-0.1, -0.05) is 37.3 Å². The molecule has 128 valence electrons. The topological polar surface area (TPSA) is 38.3 Å². The van der Waals surface area contributed by atoms with E-state index in [2.05, 4.69) is 18.3 Å². The van der Waals surface area contributed by atoms with Crippen molar-refractivity contribution in [2.45, 2.75) is 46.5 Å². The van der Waals surface area contributed by atoms with Gasteiger partial charge in [-0.15, -0.1) is 0 Å². The molecule has 24 heavy (non-hydrogen) atoms. The van der Waals surface area contributed by atoms with Gasteiger partial charge in [-0.2, -0.15) is 0 Å². The molecule has 2 aromatic carbocycles. The van der Waals surface area contributed by atoms with Crippen molar-refractivity contribution in [1.29, 1.82) is 0 Å². The largest absolute Gasteiger partial charge is 0.494 e. The van der Waals surface area contributed by atoms with Gasteiger partial charge in [0, 0.05) is 12.1 Å². The number of para-hydroxylation sites is 1. The third kappa shape index (κ3) is 5.41. The van der Waals surface area contributed by atoms with Gasteiger partial charge in [-0.05, 0) is 61.9 Å². The molecule has 0 aliphatic rings. The smallest absolute Gasteiger partial charge is 0.224 e. The number of unbranched alkanes of at least 4 members (excludes halogenated alkanes) is 1. The molecule has 0 saturated heterocycles. The fraction of sp³-hybridized carbons (Fsp3) is 0.381. The van der Waals surface area contributed by atoms with Gasteiger partial charge in [0.05, 0.1) is 6.61 Å². The van der Waals surface area contributed by atoms with Crippen LogP contribution < -0.4 is 10.1 Å². The lowest BCUT2D eigenvalue weighted by Gasteiger charge is -2.13. The summed E-state index contributed by atoms with van der Waals surface area (Å²) in [4.78, 5) is 12.2. The molecule has 0 saturated carbocycles. The third-order valence-electron chi connectivity index (χ3n) is 4.06. The highest BCUT2D eigenvalue weighted by atomic mass is 16.5. The predicted molar refractivity (Wildman–Crippen MR) is 99.7 cm³/mol. The Bertz CT molecular complexity index is 679. The second-order valence-corrected chi connectivity index (χ2v) is 6.13. The van der Waals surface area contributed by atoms with E-state index in [4.69, 9.17) is 4.74 Å². The van der Waals surface area contributed by atoms with Gasteiger partial charge in [0.1, 0.15) is 5.75 Å². The van der Waals surface area contributed by atoms with Gasteiger partial charge in [0.2, 0.25) is 5.91 Å². The molecule has 0 bridgehead atoms. The second kappa shape index (κ2) is 9.11. The van der Waals surface area contributed by atoms with Gasteiger partial charge in [-0.3, -0.25) is 4.79 Å². The van der Waals surface area contributed by atoms with Crippen LogP contribution >= 0.6 is 0 Å². The second-order valence-electron chi connectivity index (χ2n) is 6.13. The minimum Gasteiger partial charge on any atom is -0.494 e. The summed E-state index contributed by atoms with van der Waals surface area (Å²) in [6.07, 6.45) is 3.14. The van der Waals surface area contributed by atoms with Crippen molar-refractivity contribution >= 4 is 11.6 Å². The maximum Gasteiger partial charge on any atom is 0.224 e. The van der Waals surface area contributed by atoms with E-state index in [1.54, 1.807) is 0 Å². The first kappa shape index (κ1) is 18.1. The number of carbonyl (C=O) groups is 1. The van der Waals surface area contributed by atoms with Crippen LogP contribution in [0.4, 0.5) is 5.69 Å². The Morgan fingerprint density at radius 1 is 1.08 bits per heavy atom. The summed E-state index contributed by atoms with van der Waals surface area (Å²) in [5.41, 5.74) is 4.47. The van der Waals surface area contributed by atoms with Gasteiger partial charge >= 0.3 is 0 Å². The monoisotopic (exact) mass is 325 g/mol. The van der Waals surface area contributed by atoms with E-state index in [1.165, 1.54) is 11.1 Å². The number of anilines is 1. The highest BCUT2D eigenvalue weighted by Gasteiger charge is 2.08. The number of nitrogens with one attached hydrogen (secondary N) is 1. The fourth-order valence-electron chi connectivity index (χ4n) is 2.69. The molecule has 0 aromatic heterocycles. The highest BCUT2D eigenvalue weighted by Crippen LogP contribution is 2.21. The van der Waals surface area contributed by atoms with Crippen LogP contribution in [0.1, 0.15) is 42.9 Å². The van der Waals surface area contributed by atoms with Gasteiger partial charge in [0.25, 0.3) is 0 Å². The first-order valence-electron chi connectivity index (χ1n) is 8.68. The predicted octanol–water partition coefficient (Wildman–Crippen LogP) is 5.05. The van der Waals surface area contributed by atoms with Gasteiger partial charge < -0.3 is 10.1 Å². The molecule has 1 amide bonds. The number of aryl methyl sites for hydroxylation is 3. The van der Waals surface area contributed by atoms with E-state index < -0.39 is 0 Å². The molecule has 2 aromatic rings. The maximum absolute atomic E-state index is 12.2. The summed E-state index contributed by atoms with van der Waals surface area (Å²) in [5.74, 6) is 0.974. The van der Waals surface area contributed by atoms with Crippen molar-refractivity contribution in [2.75, 3.05) is 11.9 Å². The number of hydrogen-bond acceptors (Lipinski definition) is 2. The van der Waals surface area contributed by atoms with Crippen LogP contribution in [0.2, 0.25) is 0 Å². The summed E-state index contributed by atoms with van der Waals surface area (Å²) in [6.45, 7) is 6.83. The fourth-order valence-corrected chi connectivity index (χ4v) is 2.69. The molecule has 0 atom stereocenters. The van der Waals surface area contributed by atoms with E-state index in [9.17, 15) is 4.79 Å². The van der Waals surface area contributed by atoms with Crippen LogP contribution in [0.15, 0.2) is 42.5 Å². The summed E-state index contributed by atoms with van der Waals surface area (Å²) >= 11 is 0. The Labute approximate surface area is 145 Å². The zero-order chi connectivity index (χ0) is 17.4. The average Bonchev–Trinajstić information content (AvgIpc) is 2.56. The van der Waals surface area contributed by atoms with E-state index in [0.29, 0.717) is 13.0 Å². The molecule has 0 aliphatic carbocycles. The van der Waals surface area contributed by atoms with Crippen molar-refractivity contribution in [2.24, 2.45) is 0 Å². The Morgan fingerprint density at radius 2 is 1.88 bits per heavy atom. The van der Waals surface area contributed by atoms with Crippen LogP contribution in [-0.2, 0) is 11.2 Å². The Hall–Kier alpha value is -2.29. The Kier molecular flexibility index (Phi) is 6.86. The molecule has 0 heterocycles. The molecule has 0 unspecified atom stereocenters. The van der Waals surface area contributed by atoms with Crippen molar-refractivity contribution in [1.82, 2.24) is 0 Å². The number of amides is 1. The number of rotatable bonds is 8. The maximum atomic E-state index is 12.2. The van der Waals surface area contributed by atoms with Gasteiger partial charge in [0.15, 0.2) is 0 Å². The molecule has 0 spiro atoms. The van der Waals surface area contributed by atoms with Crippen LogP contribution in [0.5, 0.6) is 5.75 Å². The van der Waals surface area contributed by atoms with E-state index in [1.807, 2.05) is 50.2 Å².